The van der Waals surface area contributed by atoms with Crippen LogP contribution in [0.3, 0.4) is 0 Å². The van der Waals surface area contributed by atoms with Gasteiger partial charge in [0.25, 0.3) is 0 Å². The molecule has 0 aromatic heterocycles. The van der Waals surface area contributed by atoms with Gasteiger partial charge in [-0.25, -0.2) is 4.79 Å². The lowest BCUT2D eigenvalue weighted by Crippen LogP contribution is -2.09. The fraction of sp³-hybridized carbons (Fsp3) is 0.188. The third-order valence-electron chi connectivity index (χ3n) is 2.93. The third kappa shape index (κ3) is 3.94. The topological polar surface area (TPSA) is 35.5 Å². The molecule has 0 saturated heterocycles. The fourth-order valence-electron chi connectivity index (χ4n) is 1.75. The van der Waals surface area contributed by atoms with Crippen LogP contribution in [0, 0.1) is 6.92 Å². The number of benzene rings is 2. The van der Waals surface area contributed by atoms with Gasteiger partial charge in [0.2, 0.25) is 0 Å². The molecular formula is C16H13BrCl2O3. The number of ether oxygens (including phenoxy) is 2. The number of hydrogen-bond donors (Lipinski definition) is 0. The molecule has 0 amide bonds. The van der Waals surface area contributed by atoms with Crippen molar-refractivity contribution in [2.75, 3.05) is 6.61 Å². The molecule has 0 N–H and O–H groups in total. The average Bonchev–Trinajstić information content (AvgIpc) is 2.47. The van der Waals surface area contributed by atoms with Crippen molar-refractivity contribution in [1.82, 2.24) is 0 Å². The molecule has 2 rings (SSSR count). The summed E-state index contributed by atoms with van der Waals surface area (Å²) < 4.78 is 11.4. The van der Waals surface area contributed by atoms with E-state index in [1.54, 1.807) is 37.3 Å². The molecule has 116 valence electrons. The first kappa shape index (κ1) is 17.1. The van der Waals surface area contributed by atoms with Gasteiger partial charge in [0.15, 0.2) is 0 Å². The summed E-state index contributed by atoms with van der Waals surface area (Å²) in [6, 6.07) is 8.11. The van der Waals surface area contributed by atoms with Crippen molar-refractivity contribution in [2.24, 2.45) is 0 Å². The highest BCUT2D eigenvalue weighted by Crippen LogP contribution is 2.30. The quantitative estimate of drug-likeness (QED) is 0.486. The predicted molar refractivity (Wildman–Crippen MR) is 91.5 cm³/mol. The maximum atomic E-state index is 12.2. The number of carbonyl (C=O) groups is 1. The summed E-state index contributed by atoms with van der Waals surface area (Å²) in [5.74, 6) is 0.468. The van der Waals surface area contributed by atoms with Crippen LogP contribution < -0.4 is 9.47 Å². The summed E-state index contributed by atoms with van der Waals surface area (Å²) in [5.41, 5.74) is 1.13. The lowest BCUT2D eigenvalue weighted by atomic mass is 10.2. The smallest absolute Gasteiger partial charge is 0.343 e. The van der Waals surface area contributed by atoms with Crippen LogP contribution >= 0.6 is 39.1 Å². The molecule has 6 heteroatoms. The van der Waals surface area contributed by atoms with Gasteiger partial charge in [0.05, 0.1) is 16.6 Å². The molecule has 0 bridgehead atoms. The highest BCUT2D eigenvalue weighted by Gasteiger charge is 2.13. The monoisotopic (exact) mass is 402 g/mol. The first-order chi connectivity index (χ1) is 10.4. The minimum absolute atomic E-state index is 0.301. The molecule has 22 heavy (non-hydrogen) atoms. The Bertz CT molecular complexity index is 694. The van der Waals surface area contributed by atoms with Gasteiger partial charge >= 0.3 is 5.97 Å². The molecule has 3 nitrogen and oxygen atoms in total. The van der Waals surface area contributed by atoms with Crippen molar-refractivity contribution in [1.29, 1.82) is 0 Å². The minimum atomic E-state index is -0.500. The van der Waals surface area contributed by atoms with Crippen LogP contribution in [0.4, 0.5) is 0 Å². The molecular weight excluding hydrogens is 391 g/mol. The van der Waals surface area contributed by atoms with Crippen LogP contribution in [0.2, 0.25) is 10.0 Å². The van der Waals surface area contributed by atoms with Crippen LogP contribution in [0.1, 0.15) is 22.8 Å². The lowest BCUT2D eigenvalue weighted by Gasteiger charge is -2.09. The van der Waals surface area contributed by atoms with Crippen LogP contribution in [-0.4, -0.2) is 12.6 Å². The molecule has 0 aliphatic rings. The molecule has 2 aromatic rings. The molecule has 2 aromatic carbocycles. The van der Waals surface area contributed by atoms with Gasteiger partial charge in [-0.15, -0.1) is 0 Å². The largest absolute Gasteiger partial charge is 0.493 e. The Morgan fingerprint density at radius 1 is 1.18 bits per heavy atom. The van der Waals surface area contributed by atoms with E-state index in [1.807, 2.05) is 6.92 Å². The predicted octanol–water partition coefficient (Wildman–Crippen LogP) is 5.68. The standard InChI is InChI=1S/C16H13BrCl2O3/c1-3-21-15-5-4-10(6-12(15)17)16(20)22-11-7-13(18)9(2)14(19)8-11/h4-8H,3H2,1-2H3. The van der Waals surface area contributed by atoms with Gasteiger partial charge < -0.3 is 9.47 Å². The van der Waals surface area contributed by atoms with Gasteiger partial charge in [-0.3, -0.25) is 0 Å². The second kappa shape index (κ2) is 7.36. The van der Waals surface area contributed by atoms with E-state index in [0.717, 1.165) is 5.56 Å². The molecule has 0 atom stereocenters. The minimum Gasteiger partial charge on any atom is -0.493 e. The maximum Gasteiger partial charge on any atom is 0.343 e. The molecule has 0 aliphatic heterocycles. The molecule has 0 heterocycles. The molecule has 0 aliphatic carbocycles. The molecule has 0 unspecified atom stereocenters. The van der Waals surface area contributed by atoms with E-state index in [4.69, 9.17) is 32.7 Å². The van der Waals surface area contributed by atoms with Crippen LogP contribution in [0.15, 0.2) is 34.8 Å². The van der Waals surface area contributed by atoms with Gasteiger partial charge in [-0.1, -0.05) is 23.2 Å². The molecule has 0 fully saturated rings. The van der Waals surface area contributed by atoms with E-state index in [9.17, 15) is 4.79 Å². The van der Waals surface area contributed by atoms with Crippen molar-refractivity contribution in [3.05, 3.63) is 56.0 Å². The zero-order chi connectivity index (χ0) is 16.3. The summed E-state index contributed by atoms with van der Waals surface area (Å²) in [6.45, 7) is 4.22. The Morgan fingerprint density at radius 3 is 2.36 bits per heavy atom. The van der Waals surface area contributed by atoms with Crippen LogP contribution in [-0.2, 0) is 0 Å². The lowest BCUT2D eigenvalue weighted by molar-refractivity contribution is 0.0734. The van der Waals surface area contributed by atoms with Gasteiger partial charge in [0.1, 0.15) is 11.5 Å². The summed E-state index contributed by atoms with van der Waals surface area (Å²) in [4.78, 5) is 12.2. The van der Waals surface area contributed by atoms with E-state index >= 15 is 0 Å². The SMILES string of the molecule is CCOc1ccc(C(=O)Oc2cc(Cl)c(C)c(Cl)c2)cc1Br. The van der Waals surface area contributed by atoms with Crippen molar-refractivity contribution in [3.63, 3.8) is 0 Å². The first-order valence-electron chi connectivity index (χ1n) is 6.52. The van der Waals surface area contributed by atoms with E-state index in [1.165, 1.54) is 0 Å². The van der Waals surface area contributed by atoms with E-state index in [-0.39, 0.29) is 0 Å². The molecule has 0 spiro atoms. The fourth-order valence-corrected chi connectivity index (χ4v) is 2.71. The average molecular weight is 404 g/mol. The second-order valence-electron chi connectivity index (χ2n) is 4.48. The Labute approximate surface area is 147 Å². The number of carbonyl (C=O) groups excluding carboxylic acids is 1. The van der Waals surface area contributed by atoms with Crippen LogP contribution in [0.5, 0.6) is 11.5 Å². The van der Waals surface area contributed by atoms with Gasteiger partial charge in [-0.05, 0) is 65.7 Å². The van der Waals surface area contributed by atoms with Crippen molar-refractivity contribution in [2.45, 2.75) is 13.8 Å². The van der Waals surface area contributed by atoms with Crippen molar-refractivity contribution in [3.8, 4) is 11.5 Å². The highest BCUT2D eigenvalue weighted by atomic mass is 79.9. The summed E-state index contributed by atoms with van der Waals surface area (Å²) in [7, 11) is 0. The Hall–Kier alpha value is -1.23. The van der Waals surface area contributed by atoms with Gasteiger partial charge in [-0.2, -0.15) is 0 Å². The maximum absolute atomic E-state index is 12.2. The van der Waals surface area contributed by atoms with Crippen molar-refractivity contribution >= 4 is 45.1 Å². The van der Waals surface area contributed by atoms with Gasteiger partial charge in [0, 0.05) is 10.0 Å². The third-order valence-corrected chi connectivity index (χ3v) is 4.34. The molecule has 0 radical (unpaired) electrons. The highest BCUT2D eigenvalue weighted by molar-refractivity contribution is 9.10. The van der Waals surface area contributed by atoms with E-state index < -0.39 is 5.97 Å². The molecule has 0 saturated carbocycles. The zero-order valence-corrected chi connectivity index (χ0v) is 15.1. The summed E-state index contributed by atoms with van der Waals surface area (Å²) in [6.07, 6.45) is 0. The number of rotatable bonds is 4. The van der Waals surface area contributed by atoms with Crippen molar-refractivity contribution < 1.29 is 14.3 Å². The number of esters is 1. The number of halogens is 3. The van der Waals surface area contributed by atoms with Crippen LogP contribution in [0.25, 0.3) is 0 Å². The summed E-state index contributed by atoms with van der Waals surface area (Å²) in [5, 5.41) is 0.895. The zero-order valence-electron chi connectivity index (χ0n) is 12.0. The number of hydrogen-bond acceptors (Lipinski definition) is 3. The second-order valence-corrected chi connectivity index (χ2v) is 6.15. The normalized spacial score (nSPS) is 10.4. The first-order valence-corrected chi connectivity index (χ1v) is 8.07. The summed E-state index contributed by atoms with van der Waals surface area (Å²) >= 11 is 15.4. The Morgan fingerprint density at radius 2 is 1.82 bits per heavy atom. The van der Waals surface area contributed by atoms with E-state index in [2.05, 4.69) is 15.9 Å². The Balaban J connectivity index is 2.21. The Kier molecular flexibility index (Phi) is 5.73. The van der Waals surface area contributed by atoms with E-state index in [0.29, 0.717) is 38.2 Å².